The second kappa shape index (κ2) is 5.09. The lowest BCUT2D eigenvalue weighted by molar-refractivity contribution is -0.245. The van der Waals surface area contributed by atoms with Crippen molar-refractivity contribution in [3.8, 4) is 0 Å². The molecule has 1 saturated heterocycles. The molecule has 1 heterocycles. The van der Waals surface area contributed by atoms with Crippen molar-refractivity contribution < 1.29 is 14.3 Å². The first-order valence-electron chi connectivity index (χ1n) is 9.78. The summed E-state index contributed by atoms with van der Waals surface area (Å²) < 4.78 is 12.4. The SMILES string of the molecule is C=CCC12CCCC1(OC(=O)C1CC3CCC1(C)C3(C)C)OCC2. The zero-order valence-corrected chi connectivity index (χ0v) is 15.5. The number of esters is 1. The van der Waals surface area contributed by atoms with Gasteiger partial charge in [-0.05, 0) is 61.7 Å². The molecule has 5 unspecified atom stereocenters. The number of carbonyl (C=O) groups is 1. The minimum Gasteiger partial charge on any atom is -0.432 e. The quantitative estimate of drug-likeness (QED) is 0.545. The van der Waals surface area contributed by atoms with Crippen molar-refractivity contribution in [2.24, 2.45) is 28.1 Å². The predicted octanol–water partition coefficient (Wildman–Crippen LogP) is 4.86. The third-order valence-corrected chi connectivity index (χ3v) is 8.76. The first-order chi connectivity index (χ1) is 11.3. The number of carbonyl (C=O) groups excluding carboxylic acids is 1. The van der Waals surface area contributed by atoms with E-state index in [-0.39, 0.29) is 28.1 Å². The third-order valence-electron chi connectivity index (χ3n) is 8.76. The Hall–Kier alpha value is -0.830. The van der Waals surface area contributed by atoms with Crippen LogP contribution in [0.1, 0.15) is 72.1 Å². The van der Waals surface area contributed by atoms with Crippen LogP contribution in [0, 0.1) is 28.1 Å². The van der Waals surface area contributed by atoms with Gasteiger partial charge in [-0.1, -0.05) is 26.8 Å². The molecule has 5 atom stereocenters. The van der Waals surface area contributed by atoms with Crippen molar-refractivity contribution in [1.29, 1.82) is 0 Å². The maximum Gasteiger partial charge on any atom is 0.312 e. The summed E-state index contributed by atoms with van der Waals surface area (Å²) in [5.74, 6) is 0.0149. The Morgan fingerprint density at radius 1 is 1.25 bits per heavy atom. The van der Waals surface area contributed by atoms with Gasteiger partial charge in [0.1, 0.15) is 0 Å². The third kappa shape index (κ3) is 1.85. The fraction of sp³-hybridized carbons (Fsp3) is 0.857. The van der Waals surface area contributed by atoms with E-state index < -0.39 is 5.79 Å². The lowest BCUT2D eigenvalue weighted by Gasteiger charge is -2.42. The molecule has 0 radical (unpaired) electrons. The molecule has 24 heavy (non-hydrogen) atoms. The zero-order chi connectivity index (χ0) is 17.2. The smallest absolute Gasteiger partial charge is 0.312 e. The van der Waals surface area contributed by atoms with Crippen LogP contribution in [0.5, 0.6) is 0 Å². The minimum absolute atomic E-state index is 0.00464. The lowest BCUT2D eigenvalue weighted by atomic mass is 9.66. The van der Waals surface area contributed by atoms with Gasteiger partial charge in [0.2, 0.25) is 5.79 Å². The summed E-state index contributed by atoms with van der Waals surface area (Å²) in [6.45, 7) is 11.6. The van der Waals surface area contributed by atoms with E-state index in [1.165, 1.54) is 6.42 Å². The summed E-state index contributed by atoms with van der Waals surface area (Å²) in [6, 6.07) is 0. The predicted molar refractivity (Wildman–Crippen MR) is 93.2 cm³/mol. The van der Waals surface area contributed by atoms with Gasteiger partial charge in [0.15, 0.2) is 0 Å². The second-order valence-corrected chi connectivity index (χ2v) is 9.56. The molecule has 0 amide bonds. The van der Waals surface area contributed by atoms with E-state index in [4.69, 9.17) is 9.47 Å². The van der Waals surface area contributed by atoms with Crippen molar-refractivity contribution in [3.63, 3.8) is 0 Å². The van der Waals surface area contributed by atoms with Crippen LogP contribution in [0.15, 0.2) is 12.7 Å². The van der Waals surface area contributed by atoms with E-state index in [1.54, 1.807) is 0 Å². The standard InChI is InChI=1S/C21H32O3/c1-5-8-20-9-6-10-21(20,23-13-12-20)24-17(22)16-14-15-7-11-19(16,4)18(15,2)3/h5,15-16H,1,6-14H2,2-4H3. The summed E-state index contributed by atoms with van der Waals surface area (Å²) in [5, 5.41) is 0. The Morgan fingerprint density at radius 3 is 2.67 bits per heavy atom. The number of hydrogen-bond acceptors (Lipinski definition) is 3. The first kappa shape index (κ1) is 16.6. The van der Waals surface area contributed by atoms with Crippen LogP contribution in [-0.2, 0) is 14.3 Å². The molecular formula is C21H32O3. The molecule has 3 aliphatic carbocycles. The molecule has 0 spiro atoms. The Labute approximate surface area is 146 Å². The van der Waals surface area contributed by atoms with Crippen molar-refractivity contribution in [2.75, 3.05) is 6.61 Å². The molecular weight excluding hydrogens is 300 g/mol. The molecule has 4 fully saturated rings. The maximum absolute atomic E-state index is 13.2. The van der Waals surface area contributed by atoms with Gasteiger partial charge in [-0.2, -0.15) is 0 Å². The van der Waals surface area contributed by atoms with Crippen molar-refractivity contribution in [1.82, 2.24) is 0 Å². The Morgan fingerprint density at radius 2 is 2.04 bits per heavy atom. The Kier molecular flexibility index (Phi) is 3.53. The Bertz CT molecular complexity index is 553. The van der Waals surface area contributed by atoms with Crippen molar-refractivity contribution >= 4 is 5.97 Å². The highest BCUT2D eigenvalue weighted by Crippen LogP contribution is 2.69. The minimum atomic E-state index is -0.680. The van der Waals surface area contributed by atoms with Gasteiger partial charge in [0, 0.05) is 11.8 Å². The number of fused-ring (bicyclic) bond motifs is 3. The molecule has 134 valence electrons. The van der Waals surface area contributed by atoms with Gasteiger partial charge in [-0.15, -0.1) is 6.58 Å². The van der Waals surface area contributed by atoms with E-state index >= 15 is 0 Å². The van der Waals surface area contributed by atoms with Crippen LogP contribution in [-0.4, -0.2) is 18.4 Å². The number of rotatable bonds is 4. The summed E-state index contributed by atoms with van der Waals surface area (Å²) in [6.07, 6.45) is 10.3. The van der Waals surface area contributed by atoms with Crippen molar-refractivity contribution in [3.05, 3.63) is 12.7 Å². The van der Waals surface area contributed by atoms with Gasteiger partial charge < -0.3 is 9.47 Å². The highest BCUT2D eigenvalue weighted by Gasteiger charge is 2.66. The molecule has 3 saturated carbocycles. The summed E-state index contributed by atoms with van der Waals surface area (Å²) >= 11 is 0. The largest absolute Gasteiger partial charge is 0.432 e. The van der Waals surface area contributed by atoms with E-state index in [0.29, 0.717) is 12.5 Å². The van der Waals surface area contributed by atoms with Gasteiger partial charge in [-0.3, -0.25) is 4.79 Å². The molecule has 4 aliphatic rings. The highest BCUT2D eigenvalue weighted by molar-refractivity contribution is 5.75. The van der Waals surface area contributed by atoms with Crippen LogP contribution in [0.3, 0.4) is 0 Å². The fourth-order valence-corrected chi connectivity index (χ4v) is 6.69. The van der Waals surface area contributed by atoms with Gasteiger partial charge in [-0.25, -0.2) is 0 Å². The number of ether oxygens (including phenoxy) is 2. The van der Waals surface area contributed by atoms with Crippen LogP contribution < -0.4 is 0 Å². The van der Waals surface area contributed by atoms with Gasteiger partial charge in [0.05, 0.1) is 12.5 Å². The molecule has 3 nitrogen and oxygen atoms in total. The average molecular weight is 332 g/mol. The van der Waals surface area contributed by atoms with Crippen LogP contribution in [0.25, 0.3) is 0 Å². The van der Waals surface area contributed by atoms with Gasteiger partial charge in [0.25, 0.3) is 0 Å². The molecule has 3 heteroatoms. The molecule has 0 aromatic carbocycles. The Balaban J connectivity index is 1.58. The number of hydrogen-bond donors (Lipinski definition) is 0. The maximum atomic E-state index is 13.2. The highest BCUT2D eigenvalue weighted by atomic mass is 16.7. The number of allylic oxidation sites excluding steroid dienone is 1. The monoisotopic (exact) mass is 332 g/mol. The summed E-state index contributed by atoms with van der Waals surface area (Å²) in [5.41, 5.74) is 0.279. The van der Waals surface area contributed by atoms with Crippen LogP contribution >= 0.6 is 0 Å². The van der Waals surface area contributed by atoms with Gasteiger partial charge >= 0.3 is 5.97 Å². The molecule has 0 N–H and O–H groups in total. The van der Waals surface area contributed by atoms with E-state index in [9.17, 15) is 4.79 Å². The lowest BCUT2D eigenvalue weighted by Crippen LogP contribution is -2.47. The van der Waals surface area contributed by atoms with Crippen LogP contribution in [0.4, 0.5) is 0 Å². The zero-order valence-electron chi connectivity index (χ0n) is 15.5. The second-order valence-electron chi connectivity index (χ2n) is 9.56. The fourth-order valence-electron chi connectivity index (χ4n) is 6.69. The van der Waals surface area contributed by atoms with Crippen molar-refractivity contribution in [2.45, 2.75) is 77.9 Å². The normalized spacial score (nSPS) is 48.5. The summed E-state index contributed by atoms with van der Waals surface area (Å²) in [4.78, 5) is 13.2. The molecule has 0 aromatic rings. The first-order valence-corrected chi connectivity index (χ1v) is 9.78. The van der Waals surface area contributed by atoms with E-state index in [2.05, 4.69) is 27.4 Å². The topological polar surface area (TPSA) is 35.5 Å². The van der Waals surface area contributed by atoms with Crippen LogP contribution in [0.2, 0.25) is 0 Å². The van der Waals surface area contributed by atoms with E-state index in [0.717, 1.165) is 44.9 Å². The average Bonchev–Trinajstić information content (AvgIpc) is 3.13. The van der Waals surface area contributed by atoms with E-state index in [1.807, 2.05) is 6.08 Å². The summed E-state index contributed by atoms with van der Waals surface area (Å²) in [7, 11) is 0. The molecule has 2 bridgehead atoms. The molecule has 4 rings (SSSR count). The molecule has 0 aromatic heterocycles. The molecule has 1 aliphatic heterocycles.